The average molecular weight is 471 g/mol. The van der Waals surface area contributed by atoms with Crippen molar-refractivity contribution in [2.75, 3.05) is 0 Å². The lowest BCUT2D eigenvalue weighted by molar-refractivity contribution is 0.0899. The first-order valence-electron chi connectivity index (χ1n) is 11.0. The fraction of sp³-hybridized carbons (Fsp3) is 0.478. The van der Waals surface area contributed by atoms with Crippen LogP contribution in [0.1, 0.15) is 73.1 Å². The van der Waals surface area contributed by atoms with Gasteiger partial charge in [-0.25, -0.2) is 0 Å². The molecular weight excluding hydrogens is 440 g/mol. The van der Waals surface area contributed by atoms with E-state index in [0.717, 1.165) is 28.4 Å². The maximum atomic E-state index is 12.5. The third-order valence-electron chi connectivity index (χ3n) is 6.06. The van der Waals surface area contributed by atoms with Gasteiger partial charge in [-0.15, -0.1) is 10.2 Å². The summed E-state index contributed by atoms with van der Waals surface area (Å²) >= 11 is 1.63. The highest BCUT2D eigenvalue weighted by molar-refractivity contribution is 7.11. The Bertz CT molecular complexity index is 1060. The van der Waals surface area contributed by atoms with Gasteiger partial charge in [0, 0.05) is 23.6 Å². The number of hydrogen-bond acceptors (Lipinski definition) is 7. The van der Waals surface area contributed by atoms with E-state index in [1.807, 2.05) is 30.3 Å². The summed E-state index contributed by atoms with van der Waals surface area (Å²) in [6.45, 7) is 11.0. The molecule has 0 bridgehead atoms. The SMILES string of the molecule is C[C@@H](O[SiH](C)C(C)(C)C)c1nnc([C@H]2C[C@H](NC(=O)c3cc(-c4ccccc4)on3)C2)s1. The minimum absolute atomic E-state index is 0.0244. The van der Waals surface area contributed by atoms with Crippen LogP contribution < -0.4 is 5.32 Å². The Hall–Kier alpha value is -2.36. The van der Waals surface area contributed by atoms with Gasteiger partial charge in [0.05, 0.1) is 6.10 Å². The largest absolute Gasteiger partial charge is 0.411 e. The van der Waals surface area contributed by atoms with E-state index in [2.05, 4.69) is 54.9 Å². The molecule has 1 fully saturated rings. The number of rotatable bonds is 7. The van der Waals surface area contributed by atoms with Crippen LogP contribution in [-0.2, 0) is 4.43 Å². The number of hydrogen-bond donors (Lipinski definition) is 1. The zero-order chi connectivity index (χ0) is 22.9. The first-order chi connectivity index (χ1) is 15.2. The Morgan fingerprint density at radius 2 is 1.97 bits per heavy atom. The second-order valence-corrected chi connectivity index (χ2v) is 13.9. The predicted molar refractivity (Wildman–Crippen MR) is 127 cm³/mol. The molecule has 1 unspecified atom stereocenters. The monoisotopic (exact) mass is 470 g/mol. The highest BCUT2D eigenvalue weighted by atomic mass is 32.1. The van der Waals surface area contributed by atoms with Crippen LogP contribution in [0.15, 0.2) is 40.9 Å². The molecule has 1 aliphatic carbocycles. The van der Waals surface area contributed by atoms with Crippen molar-refractivity contribution < 1.29 is 13.7 Å². The van der Waals surface area contributed by atoms with Crippen molar-refractivity contribution in [2.45, 2.75) is 70.2 Å². The lowest BCUT2D eigenvalue weighted by atomic mass is 9.80. The third-order valence-corrected chi connectivity index (χ3v) is 10.6. The summed E-state index contributed by atoms with van der Waals surface area (Å²) < 4.78 is 11.6. The van der Waals surface area contributed by atoms with Crippen LogP contribution in [0.3, 0.4) is 0 Å². The van der Waals surface area contributed by atoms with E-state index in [-0.39, 0.29) is 23.1 Å². The molecule has 0 aliphatic heterocycles. The Morgan fingerprint density at radius 1 is 1.25 bits per heavy atom. The summed E-state index contributed by atoms with van der Waals surface area (Å²) in [5.41, 5.74) is 1.20. The molecule has 2 aromatic heterocycles. The van der Waals surface area contributed by atoms with Crippen molar-refractivity contribution >= 4 is 26.3 Å². The highest BCUT2D eigenvalue weighted by Gasteiger charge is 2.35. The summed E-state index contributed by atoms with van der Waals surface area (Å²) in [4.78, 5) is 12.5. The van der Waals surface area contributed by atoms with Gasteiger partial charge in [-0.3, -0.25) is 4.79 Å². The second kappa shape index (κ2) is 9.25. The summed E-state index contributed by atoms with van der Waals surface area (Å²) in [5.74, 6) is 0.706. The first-order valence-corrected chi connectivity index (χ1v) is 14.0. The van der Waals surface area contributed by atoms with Gasteiger partial charge in [-0.2, -0.15) is 0 Å². The number of aromatic nitrogens is 3. The van der Waals surface area contributed by atoms with E-state index >= 15 is 0 Å². The van der Waals surface area contributed by atoms with Crippen LogP contribution in [0.4, 0.5) is 0 Å². The Morgan fingerprint density at radius 3 is 2.66 bits per heavy atom. The molecule has 1 saturated carbocycles. The number of carbonyl (C=O) groups is 1. The minimum atomic E-state index is -1.32. The zero-order valence-corrected chi connectivity index (χ0v) is 21.1. The molecule has 1 aromatic carbocycles. The van der Waals surface area contributed by atoms with Gasteiger partial charge in [-0.1, -0.05) is 67.6 Å². The van der Waals surface area contributed by atoms with Crippen molar-refractivity contribution in [2.24, 2.45) is 0 Å². The van der Waals surface area contributed by atoms with Crippen molar-refractivity contribution in [1.29, 1.82) is 0 Å². The molecule has 1 amide bonds. The minimum Gasteiger partial charge on any atom is -0.411 e. The summed E-state index contributed by atoms with van der Waals surface area (Å²) in [6, 6.07) is 11.4. The van der Waals surface area contributed by atoms with Gasteiger partial charge in [-0.05, 0) is 31.4 Å². The van der Waals surface area contributed by atoms with Gasteiger partial charge in [0.15, 0.2) is 20.5 Å². The van der Waals surface area contributed by atoms with Crippen molar-refractivity contribution in [3.8, 4) is 11.3 Å². The third kappa shape index (κ3) is 5.16. The Labute approximate surface area is 194 Å². The summed E-state index contributed by atoms with van der Waals surface area (Å²) in [5, 5.41) is 17.9. The normalized spacial score (nSPS) is 20.4. The molecule has 2 heterocycles. The lowest BCUT2D eigenvalue weighted by Gasteiger charge is -2.33. The Balaban J connectivity index is 1.28. The molecule has 7 nitrogen and oxygen atoms in total. The maximum absolute atomic E-state index is 12.5. The molecule has 0 spiro atoms. The molecule has 170 valence electrons. The van der Waals surface area contributed by atoms with Crippen LogP contribution in [-0.4, -0.2) is 36.3 Å². The van der Waals surface area contributed by atoms with E-state index < -0.39 is 9.04 Å². The predicted octanol–water partition coefficient (Wildman–Crippen LogP) is 5.10. The molecule has 2 atom stereocenters. The van der Waals surface area contributed by atoms with E-state index in [4.69, 9.17) is 8.95 Å². The molecule has 0 radical (unpaired) electrons. The number of carbonyl (C=O) groups excluding carboxylic acids is 1. The Kier molecular flexibility index (Phi) is 6.59. The average Bonchev–Trinajstić information content (AvgIpc) is 3.40. The molecule has 0 saturated heterocycles. The van der Waals surface area contributed by atoms with Crippen molar-refractivity contribution in [1.82, 2.24) is 20.7 Å². The van der Waals surface area contributed by atoms with E-state index in [1.165, 1.54) is 0 Å². The molecule has 3 aromatic rings. The van der Waals surface area contributed by atoms with Crippen LogP contribution in [0, 0.1) is 0 Å². The van der Waals surface area contributed by atoms with E-state index in [0.29, 0.717) is 17.4 Å². The van der Waals surface area contributed by atoms with Crippen molar-refractivity contribution in [3.05, 3.63) is 52.1 Å². The summed E-state index contributed by atoms with van der Waals surface area (Å²) in [7, 11) is -1.32. The van der Waals surface area contributed by atoms with Gasteiger partial charge < -0.3 is 14.3 Å². The van der Waals surface area contributed by atoms with Gasteiger partial charge in [0.2, 0.25) is 0 Å². The van der Waals surface area contributed by atoms with Gasteiger partial charge in [0.25, 0.3) is 5.91 Å². The molecular formula is C23H30N4O3SSi. The van der Waals surface area contributed by atoms with Crippen LogP contribution >= 0.6 is 11.3 Å². The van der Waals surface area contributed by atoms with Crippen LogP contribution in [0.5, 0.6) is 0 Å². The smallest absolute Gasteiger partial charge is 0.273 e. The van der Waals surface area contributed by atoms with Crippen LogP contribution in [0.25, 0.3) is 11.3 Å². The number of amides is 1. The topological polar surface area (TPSA) is 90.1 Å². The number of benzene rings is 1. The lowest BCUT2D eigenvalue weighted by Crippen LogP contribution is -2.43. The first kappa shape index (κ1) is 22.8. The molecule has 32 heavy (non-hydrogen) atoms. The molecule has 1 N–H and O–H groups in total. The summed E-state index contributed by atoms with van der Waals surface area (Å²) in [6.07, 6.45) is 1.68. The number of nitrogens with zero attached hydrogens (tertiary/aromatic N) is 3. The fourth-order valence-electron chi connectivity index (χ4n) is 3.46. The van der Waals surface area contributed by atoms with Gasteiger partial charge in [0.1, 0.15) is 10.0 Å². The molecule has 9 heteroatoms. The highest BCUT2D eigenvalue weighted by Crippen LogP contribution is 2.40. The second-order valence-electron chi connectivity index (χ2n) is 9.55. The standard InChI is InChI=1S/C23H30N4O3SSi/c1-14(30-32(5)23(2,3)4)21-25-26-22(31-21)16-11-17(12-16)24-20(28)18-13-19(29-27-18)15-9-7-6-8-10-15/h6-10,13-14,16-17,32H,11-12H2,1-5H3,(H,24,28)/t14-,16-,17-,32?/m1/s1. The van der Waals surface area contributed by atoms with Crippen molar-refractivity contribution in [3.63, 3.8) is 0 Å². The van der Waals surface area contributed by atoms with Crippen LogP contribution in [0.2, 0.25) is 11.6 Å². The fourth-order valence-corrected chi connectivity index (χ4v) is 5.67. The van der Waals surface area contributed by atoms with E-state index in [9.17, 15) is 4.79 Å². The zero-order valence-electron chi connectivity index (χ0n) is 19.2. The molecule has 1 aliphatic rings. The van der Waals surface area contributed by atoms with Gasteiger partial charge >= 0.3 is 0 Å². The van der Waals surface area contributed by atoms with E-state index in [1.54, 1.807) is 17.4 Å². The quantitative estimate of drug-likeness (QED) is 0.483. The maximum Gasteiger partial charge on any atom is 0.273 e. The number of nitrogens with one attached hydrogen (secondary N) is 1. The molecule has 4 rings (SSSR count).